The first kappa shape index (κ1) is 17.8. The van der Waals surface area contributed by atoms with E-state index in [1.54, 1.807) is 0 Å². The lowest BCUT2D eigenvalue weighted by molar-refractivity contribution is -0.120. The van der Waals surface area contributed by atoms with Crippen LogP contribution in [0.2, 0.25) is 0 Å². The van der Waals surface area contributed by atoms with Crippen LogP contribution in [0.3, 0.4) is 0 Å². The van der Waals surface area contributed by atoms with Crippen LogP contribution in [0.1, 0.15) is 32.6 Å². The maximum atomic E-state index is 12.1. The Morgan fingerprint density at radius 3 is 2.85 bits per heavy atom. The lowest BCUT2D eigenvalue weighted by atomic mass is 9.86. The van der Waals surface area contributed by atoms with E-state index >= 15 is 0 Å². The highest BCUT2D eigenvalue weighted by Crippen LogP contribution is 2.23. The van der Waals surface area contributed by atoms with E-state index in [1.165, 1.54) is 35.7 Å². The normalized spacial score (nSPS) is 19.7. The standard InChI is InChI=1S/C17H21N5O4/c1-11-4-2-3-5-13(11)19-17(25)20-14(23)9-22-8-12(6-7-15(22)24)16-21-18-10-26-16/h6-8,10-11,13H,2-5,9H2,1H3,(H2,19,20,23,25)/t11-,13-/m1/s1. The van der Waals surface area contributed by atoms with Gasteiger partial charge in [-0.2, -0.15) is 0 Å². The van der Waals surface area contributed by atoms with Crippen molar-refractivity contribution >= 4 is 11.9 Å². The third-order valence-corrected chi connectivity index (χ3v) is 4.59. The second-order valence-electron chi connectivity index (χ2n) is 6.52. The molecule has 0 radical (unpaired) electrons. The molecular weight excluding hydrogens is 338 g/mol. The fraction of sp³-hybridized carbons (Fsp3) is 0.471. The van der Waals surface area contributed by atoms with E-state index in [4.69, 9.17) is 4.42 Å². The summed E-state index contributed by atoms with van der Waals surface area (Å²) in [4.78, 5) is 36.1. The Balaban J connectivity index is 1.60. The molecule has 1 saturated carbocycles. The number of hydrogen-bond acceptors (Lipinski definition) is 6. The number of urea groups is 1. The van der Waals surface area contributed by atoms with Gasteiger partial charge in [-0.1, -0.05) is 19.8 Å². The second-order valence-corrected chi connectivity index (χ2v) is 6.52. The van der Waals surface area contributed by atoms with Gasteiger partial charge in [0.1, 0.15) is 6.54 Å². The van der Waals surface area contributed by atoms with Gasteiger partial charge in [0.25, 0.3) is 5.56 Å². The van der Waals surface area contributed by atoms with Gasteiger partial charge in [-0.15, -0.1) is 10.2 Å². The Kier molecular flexibility index (Phi) is 5.45. The third kappa shape index (κ3) is 4.35. The Bertz CT molecular complexity index is 830. The van der Waals surface area contributed by atoms with E-state index in [9.17, 15) is 14.4 Å². The molecule has 3 rings (SSSR count). The van der Waals surface area contributed by atoms with Gasteiger partial charge in [-0.3, -0.25) is 14.9 Å². The fourth-order valence-corrected chi connectivity index (χ4v) is 3.14. The molecule has 138 valence electrons. The molecule has 1 fully saturated rings. The zero-order valence-corrected chi connectivity index (χ0v) is 14.5. The molecule has 2 aromatic rings. The molecule has 0 unspecified atom stereocenters. The van der Waals surface area contributed by atoms with Gasteiger partial charge in [-0.05, 0) is 24.8 Å². The van der Waals surface area contributed by atoms with Crippen molar-refractivity contribution in [2.45, 2.75) is 45.2 Å². The number of amides is 3. The molecule has 2 heterocycles. The van der Waals surface area contributed by atoms with Crippen molar-refractivity contribution in [2.24, 2.45) is 5.92 Å². The molecule has 2 N–H and O–H groups in total. The SMILES string of the molecule is C[C@@H]1CCCC[C@H]1NC(=O)NC(=O)Cn1cc(-c2nnco2)ccc1=O. The molecule has 0 bridgehead atoms. The molecule has 2 aromatic heterocycles. The topological polar surface area (TPSA) is 119 Å². The highest BCUT2D eigenvalue weighted by Gasteiger charge is 2.23. The zero-order valence-electron chi connectivity index (χ0n) is 14.5. The van der Waals surface area contributed by atoms with E-state index in [1.807, 2.05) is 0 Å². The summed E-state index contributed by atoms with van der Waals surface area (Å²) in [5.74, 6) is 0.0530. The second kappa shape index (κ2) is 7.94. The highest BCUT2D eigenvalue weighted by molar-refractivity contribution is 5.94. The minimum Gasteiger partial charge on any atom is -0.423 e. The summed E-state index contributed by atoms with van der Waals surface area (Å²) >= 11 is 0. The van der Waals surface area contributed by atoms with Crippen molar-refractivity contribution in [2.75, 3.05) is 0 Å². The maximum Gasteiger partial charge on any atom is 0.321 e. The number of aromatic nitrogens is 3. The van der Waals surface area contributed by atoms with Crippen LogP contribution in [-0.2, 0) is 11.3 Å². The molecular formula is C17H21N5O4. The summed E-state index contributed by atoms with van der Waals surface area (Å²) in [6, 6.07) is 2.37. The summed E-state index contributed by atoms with van der Waals surface area (Å²) in [5.41, 5.74) is 0.139. The first-order valence-corrected chi connectivity index (χ1v) is 8.60. The number of nitrogens with zero attached hydrogens (tertiary/aromatic N) is 3. The molecule has 9 heteroatoms. The van der Waals surface area contributed by atoms with Crippen molar-refractivity contribution in [1.82, 2.24) is 25.4 Å². The van der Waals surface area contributed by atoms with Crippen molar-refractivity contribution in [3.8, 4) is 11.5 Å². The number of carbonyl (C=O) groups excluding carboxylic acids is 2. The van der Waals surface area contributed by atoms with Crippen molar-refractivity contribution < 1.29 is 14.0 Å². The Morgan fingerprint density at radius 1 is 1.31 bits per heavy atom. The number of imide groups is 1. The van der Waals surface area contributed by atoms with E-state index in [0.717, 1.165) is 19.3 Å². The lowest BCUT2D eigenvalue weighted by Crippen LogP contribution is -2.48. The van der Waals surface area contributed by atoms with Crippen molar-refractivity contribution in [3.63, 3.8) is 0 Å². The van der Waals surface area contributed by atoms with Crippen LogP contribution in [0.25, 0.3) is 11.5 Å². The highest BCUT2D eigenvalue weighted by atomic mass is 16.4. The predicted octanol–water partition coefficient (Wildman–Crippen LogP) is 1.30. The van der Waals surface area contributed by atoms with Gasteiger partial charge in [-0.25, -0.2) is 4.79 Å². The maximum absolute atomic E-state index is 12.1. The molecule has 26 heavy (non-hydrogen) atoms. The first-order valence-electron chi connectivity index (χ1n) is 8.60. The molecule has 0 saturated heterocycles. The van der Waals surface area contributed by atoms with Crippen LogP contribution in [0.4, 0.5) is 4.79 Å². The monoisotopic (exact) mass is 359 g/mol. The Morgan fingerprint density at radius 2 is 2.12 bits per heavy atom. The quantitative estimate of drug-likeness (QED) is 0.849. The van der Waals surface area contributed by atoms with Crippen LogP contribution < -0.4 is 16.2 Å². The van der Waals surface area contributed by atoms with Crippen LogP contribution in [0.15, 0.2) is 33.9 Å². The molecule has 3 amide bonds. The zero-order chi connectivity index (χ0) is 18.5. The third-order valence-electron chi connectivity index (χ3n) is 4.59. The molecule has 1 aliphatic rings. The number of rotatable bonds is 4. The van der Waals surface area contributed by atoms with E-state index in [-0.39, 0.29) is 24.0 Å². The summed E-state index contributed by atoms with van der Waals surface area (Å²) in [6.45, 7) is 1.81. The lowest BCUT2D eigenvalue weighted by Gasteiger charge is -2.29. The number of hydrogen-bond donors (Lipinski definition) is 2. The average Bonchev–Trinajstić information content (AvgIpc) is 3.13. The molecule has 2 atom stereocenters. The van der Waals surface area contributed by atoms with Crippen LogP contribution >= 0.6 is 0 Å². The Labute approximate surface area is 149 Å². The largest absolute Gasteiger partial charge is 0.423 e. The van der Waals surface area contributed by atoms with Crippen molar-refractivity contribution in [3.05, 3.63) is 35.1 Å². The molecule has 0 spiro atoms. The van der Waals surface area contributed by atoms with E-state index in [2.05, 4.69) is 27.8 Å². The smallest absolute Gasteiger partial charge is 0.321 e. The van der Waals surface area contributed by atoms with Crippen LogP contribution in [-0.4, -0.2) is 32.7 Å². The molecule has 1 aliphatic carbocycles. The van der Waals surface area contributed by atoms with E-state index < -0.39 is 11.9 Å². The summed E-state index contributed by atoms with van der Waals surface area (Å²) < 4.78 is 6.26. The minimum atomic E-state index is -0.573. The van der Waals surface area contributed by atoms with Crippen LogP contribution in [0, 0.1) is 5.92 Å². The number of carbonyl (C=O) groups is 2. The van der Waals surface area contributed by atoms with Gasteiger partial charge in [0, 0.05) is 18.3 Å². The summed E-state index contributed by atoms with van der Waals surface area (Å²) in [5, 5.41) is 12.5. The van der Waals surface area contributed by atoms with Gasteiger partial charge in [0.05, 0.1) is 5.56 Å². The predicted molar refractivity (Wildman–Crippen MR) is 92.1 cm³/mol. The summed E-state index contributed by atoms with van der Waals surface area (Å²) in [7, 11) is 0. The minimum absolute atomic E-state index is 0.0696. The average molecular weight is 359 g/mol. The Hall–Kier alpha value is -2.97. The number of pyridine rings is 1. The van der Waals surface area contributed by atoms with Gasteiger partial charge in [0.15, 0.2) is 0 Å². The number of nitrogens with one attached hydrogen (secondary N) is 2. The van der Waals surface area contributed by atoms with E-state index in [0.29, 0.717) is 11.5 Å². The van der Waals surface area contributed by atoms with Crippen molar-refractivity contribution in [1.29, 1.82) is 0 Å². The van der Waals surface area contributed by atoms with Crippen LogP contribution in [0.5, 0.6) is 0 Å². The van der Waals surface area contributed by atoms with Gasteiger partial charge >= 0.3 is 6.03 Å². The molecule has 0 aromatic carbocycles. The van der Waals surface area contributed by atoms with Gasteiger partial charge in [0.2, 0.25) is 18.2 Å². The fourth-order valence-electron chi connectivity index (χ4n) is 3.14. The van der Waals surface area contributed by atoms with Gasteiger partial charge < -0.3 is 14.3 Å². The molecule has 0 aliphatic heterocycles. The summed E-state index contributed by atoms with van der Waals surface area (Å²) in [6.07, 6.45) is 6.83. The molecule has 9 nitrogen and oxygen atoms in total. The first-order chi connectivity index (χ1) is 12.5.